The van der Waals surface area contributed by atoms with E-state index in [9.17, 15) is 13.2 Å². The van der Waals surface area contributed by atoms with Gasteiger partial charge in [0.2, 0.25) is 1.68 Å². The fourth-order valence-electron chi connectivity index (χ4n) is 0.107. The van der Waals surface area contributed by atoms with Gasteiger partial charge in [0.15, 0.2) is 0 Å². The Bertz CT molecular complexity index is 132. The third-order valence-electron chi connectivity index (χ3n) is 0.415. The second kappa shape index (κ2) is 3.93. The van der Waals surface area contributed by atoms with Gasteiger partial charge in [-0.1, -0.05) is 0 Å². The smallest absolute Gasteiger partial charge is 0.215 e. The van der Waals surface area contributed by atoms with Crippen molar-refractivity contribution >= 4 is 67.8 Å². The lowest BCUT2D eigenvalue weighted by molar-refractivity contribution is 0.402. The third-order valence-corrected chi connectivity index (χ3v) is 4.71. The average Bonchev–Trinajstić information content (AvgIpc) is 1.62. The first-order chi connectivity index (χ1) is 3.85. The molecule has 6 heteroatoms. The topological polar surface area (TPSA) is 0 Å². The molecular weight excluding hydrogens is 474 g/mol. The third kappa shape index (κ3) is 4.22. The highest BCUT2D eigenvalue weighted by atomic mass is 127. The van der Waals surface area contributed by atoms with E-state index >= 15 is 0 Å². The van der Waals surface area contributed by atoms with E-state index in [1.165, 1.54) is 67.8 Å². The maximum absolute atomic E-state index is 12.5. The van der Waals surface area contributed by atoms with Crippen LogP contribution in [0.3, 0.4) is 0 Å². The van der Waals surface area contributed by atoms with E-state index in [2.05, 4.69) is 0 Å². The summed E-state index contributed by atoms with van der Waals surface area (Å²) in [7, 11) is 0. The minimum absolute atomic E-state index is 0.554. The predicted octanol–water partition coefficient (Wildman–Crippen LogP) is 4.02. The Balaban J connectivity index is 4.40. The second-order valence-corrected chi connectivity index (χ2v) is 7.19. The molecule has 0 aromatic carbocycles. The van der Waals surface area contributed by atoms with Crippen LogP contribution in [0.5, 0.6) is 0 Å². The molecule has 0 saturated heterocycles. The van der Waals surface area contributed by atoms with Crippen LogP contribution in [-0.4, -0.2) is 1.68 Å². The Labute approximate surface area is 91.1 Å². The first-order valence-electron chi connectivity index (χ1n) is 1.63. The van der Waals surface area contributed by atoms with Gasteiger partial charge in [-0.2, -0.15) is 8.78 Å². The summed E-state index contributed by atoms with van der Waals surface area (Å²) in [5, 5.41) is 0. The Morgan fingerprint density at radius 3 is 1.56 bits per heavy atom. The van der Waals surface area contributed by atoms with Crippen molar-refractivity contribution in [3.63, 3.8) is 0 Å². The molecule has 0 saturated carbocycles. The molecule has 0 nitrogen and oxygen atoms in total. The maximum Gasteiger partial charge on any atom is 0.284 e. The van der Waals surface area contributed by atoms with Crippen molar-refractivity contribution in [2.24, 2.45) is 0 Å². The van der Waals surface area contributed by atoms with Crippen molar-refractivity contribution in [1.29, 1.82) is 0 Å². The Morgan fingerprint density at radius 1 is 1.22 bits per heavy atom. The summed E-state index contributed by atoms with van der Waals surface area (Å²) in [6.45, 7) is 0. The monoisotopic (exact) mass is 474 g/mol. The van der Waals surface area contributed by atoms with Crippen LogP contribution >= 0.6 is 67.8 Å². The molecule has 0 rings (SSSR count). The van der Waals surface area contributed by atoms with E-state index in [1.807, 2.05) is 0 Å². The summed E-state index contributed by atoms with van der Waals surface area (Å²) in [6, 6.07) is 0. The van der Waals surface area contributed by atoms with Gasteiger partial charge >= 0.3 is 0 Å². The number of alkyl halides is 3. The van der Waals surface area contributed by atoms with E-state index < -0.39 is 11.3 Å². The molecule has 0 atom stereocenters. The largest absolute Gasteiger partial charge is 0.284 e. The quantitative estimate of drug-likeness (QED) is 0.399. The number of hydrogen-bond donors (Lipinski definition) is 0. The number of rotatable bonds is 1. The molecule has 0 N–H and O–H groups in total. The maximum atomic E-state index is 12.5. The molecule has 0 radical (unpaired) electrons. The number of hydrogen-bond acceptors (Lipinski definition) is 0. The van der Waals surface area contributed by atoms with Crippen LogP contribution in [0.25, 0.3) is 0 Å². The number of halogens is 6. The summed E-state index contributed by atoms with van der Waals surface area (Å²) in [5.41, 5.74) is 0. The highest BCUT2D eigenvalue weighted by molar-refractivity contribution is 14.2. The zero-order valence-corrected chi connectivity index (χ0v) is 10.2. The van der Waals surface area contributed by atoms with Crippen molar-refractivity contribution in [2.75, 3.05) is 0 Å². The van der Waals surface area contributed by atoms with Crippen LogP contribution in [-0.2, 0) is 0 Å². The van der Waals surface area contributed by atoms with Crippen LogP contribution in [0.4, 0.5) is 13.2 Å². The van der Waals surface area contributed by atoms with Crippen molar-refractivity contribution in [2.45, 2.75) is 1.68 Å². The first kappa shape index (κ1) is 10.7. The van der Waals surface area contributed by atoms with Gasteiger partial charge in [-0.3, -0.25) is 0 Å². The van der Waals surface area contributed by atoms with Gasteiger partial charge in [-0.25, -0.2) is 4.39 Å². The molecule has 0 bridgehead atoms. The molecule has 0 spiro atoms. The van der Waals surface area contributed by atoms with Gasteiger partial charge in [0.25, 0.3) is 6.08 Å². The van der Waals surface area contributed by atoms with E-state index in [-0.39, 0.29) is 0 Å². The minimum Gasteiger partial charge on any atom is -0.215 e. The molecule has 0 aromatic heterocycles. The van der Waals surface area contributed by atoms with Crippen molar-refractivity contribution in [1.82, 2.24) is 0 Å². The lowest BCUT2D eigenvalue weighted by Gasteiger charge is -2.06. The van der Waals surface area contributed by atoms with Gasteiger partial charge in [0.05, 0.1) is 0 Å². The molecule has 0 aromatic rings. The molecule has 9 heavy (non-hydrogen) atoms. The van der Waals surface area contributed by atoms with Crippen LogP contribution in [0.2, 0.25) is 0 Å². The normalized spacial score (nSPS) is 11.3. The zero-order valence-electron chi connectivity index (χ0n) is 3.77. The Morgan fingerprint density at radius 2 is 1.56 bits per heavy atom. The van der Waals surface area contributed by atoms with Crippen molar-refractivity contribution in [3.05, 3.63) is 9.66 Å². The average molecular weight is 474 g/mol. The molecule has 0 aliphatic rings. The van der Waals surface area contributed by atoms with Gasteiger partial charge in [0, 0.05) is 0 Å². The molecule has 54 valence electrons. The highest BCUT2D eigenvalue weighted by Crippen LogP contribution is 2.42. The molecule has 0 unspecified atom stereocenters. The van der Waals surface area contributed by atoms with Gasteiger partial charge in [0.1, 0.15) is 3.58 Å². The van der Waals surface area contributed by atoms with Gasteiger partial charge in [-0.15, -0.1) is 0 Å². The summed E-state index contributed by atoms with van der Waals surface area (Å²) in [6.07, 6.45) is -1.96. The van der Waals surface area contributed by atoms with E-state index in [1.54, 1.807) is 0 Å². The molecule has 0 heterocycles. The van der Waals surface area contributed by atoms with Crippen LogP contribution in [0.1, 0.15) is 0 Å². The SMILES string of the molecule is FC(F)=C(I)C(F)(I)I. The van der Waals surface area contributed by atoms with Crippen LogP contribution in [0, 0.1) is 0 Å². The molecule has 0 fully saturated rings. The highest BCUT2D eigenvalue weighted by Gasteiger charge is 2.28. The van der Waals surface area contributed by atoms with E-state index in [4.69, 9.17) is 0 Å². The molecule has 0 aliphatic heterocycles. The number of allylic oxidation sites excluding steroid dienone is 1. The lowest BCUT2D eigenvalue weighted by atomic mass is 10.7. The fraction of sp³-hybridized carbons (Fsp3) is 0.333. The first-order valence-corrected chi connectivity index (χ1v) is 4.87. The molecule has 0 amide bonds. The van der Waals surface area contributed by atoms with Crippen molar-refractivity contribution < 1.29 is 13.2 Å². The predicted molar refractivity (Wildman–Crippen MR) is 55.1 cm³/mol. The summed E-state index contributed by atoms with van der Waals surface area (Å²) < 4.78 is 33.0. The Hall–Kier alpha value is 1.72. The summed E-state index contributed by atoms with van der Waals surface area (Å²) in [5.74, 6) is 0. The summed E-state index contributed by atoms with van der Waals surface area (Å²) >= 11 is 3.86. The molecule has 0 aliphatic carbocycles. The molecular formula is C3F3I3. The van der Waals surface area contributed by atoms with Gasteiger partial charge in [-0.05, 0) is 67.8 Å². The Kier molecular flexibility index (Phi) is 4.68. The van der Waals surface area contributed by atoms with Crippen molar-refractivity contribution in [3.8, 4) is 0 Å². The van der Waals surface area contributed by atoms with E-state index in [0.29, 0.717) is 0 Å². The standard InChI is InChI=1S/C3F3I3/c4-2(5)1(7)3(6,8)9. The minimum atomic E-state index is -1.96. The lowest BCUT2D eigenvalue weighted by Crippen LogP contribution is -2.00. The van der Waals surface area contributed by atoms with Crippen LogP contribution < -0.4 is 0 Å². The summed E-state index contributed by atoms with van der Waals surface area (Å²) in [4.78, 5) is 0. The fourth-order valence-corrected chi connectivity index (χ4v) is 0.515. The van der Waals surface area contributed by atoms with Crippen LogP contribution in [0.15, 0.2) is 9.66 Å². The van der Waals surface area contributed by atoms with E-state index in [0.717, 1.165) is 0 Å². The zero-order chi connectivity index (χ0) is 7.65. The second-order valence-electron chi connectivity index (χ2n) is 1.07. The van der Waals surface area contributed by atoms with Gasteiger partial charge < -0.3 is 0 Å².